The summed E-state index contributed by atoms with van der Waals surface area (Å²) in [7, 11) is -3.22. The van der Waals surface area contributed by atoms with Gasteiger partial charge in [-0.1, -0.05) is 5.16 Å². The van der Waals surface area contributed by atoms with Crippen molar-refractivity contribution < 1.29 is 18.1 Å². The molecule has 0 atom stereocenters. The zero-order chi connectivity index (χ0) is 14.6. The SMILES string of the molecule is CCOP(=O)(Cc1nc(-c2cc(Br)cs2)no1)OCC. The van der Waals surface area contributed by atoms with E-state index in [1.54, 1.807) is 13.8 Å². The number of halogens is 1. The van der Waals surface area contributed by atoms with Gasteiger partial charge in [0.2, 0.25) is 11.7 Å². The van der Waals surface area contributed by atoms with Crippen LogP contribution in [0, 0.1) is 0 Å². The predicted octanol–water partition coefficient (Wildman–Crippen LogP) is 4.33. The van der Waals surface area contributed by atoms with Crippen LogP contribution < -0.4 is 0 Å². The Morgan fingerprint density at radius 3 is 2.65 bits per heavy atom. The fourth-order valence-electron chi connectivity index (χ4n) is 1.54. The quantitative estimate of drug-likeness (QED) is 0.665. The summed E-state index contributed by atoms with van der Waals surface area (Å²) in [5.41, 5.74) is 0. The third-order valence-electron chi connectivity index (χ3n) is 2.24. The Hall–Kier alpha value is -0.530. The molecule has 20 heavy (non-hydrogen) atoms. The summed E-state index contributed by atoms with van der Waals surface area (Å²) in [6, 6.07) is 1.89. The molecule has 0 saturated carbocycles. The smallest absolute Gasteiger partial charge is 0.338 e. The van der Waals surface area contributed by atoms with Crippen LogP contribution in [-0.2, 0) is 19.8 Å². The molecule has 0 fully saturated rings. The van der Waals surface area contributed by atoms with Gasteiger partial charge in [-0.2, -0.15) is 4.98 Å². The second-order valence-corrected chi connectivity index (χ2v) is 7.63. The Kier molecular flexibility index (Phi) is 5.51. The molecule has 0 aliphatic rings. The van der Waals surface area contributed by atoms with E-state index in [4.69, 9.17) is 13.6 Å². The molecular weight excluding hydrogens is 367 g/mol. The summed E-state index contributed by atoms with van der Waals surface area (Å²) in [6.45, 7) is 4.12. The third-order valence-corrected chi connectivity index (χ3v) is 5.88. The van der Waals surface area contributed by atoms with Gasteiger partial charge in [0.1, 0.15) is 6.16 Å². The average Bonchev–Trinajstić information content (AvgIpc) is 2.98. The van der Waals surface area contributed by atoms with Gasteiger partial charge in [0.25, 0.3) is 0 Å². The van der Waals surface area contributed by atoms with E-state index in [0.717, 1.165) is 9.35 Å². The topological polar surface area (TPSA) is 74.5 Å². The minimum Gasteiger partial charge on any atom is -0.338 e. The van der Waals surface area contributed by atoms with Crippen LogP contribution in [0.3, 0.4) is 0 Å². The van der Waals surface area contributed by atoms with Crippen molar-refractivity contribution in [1.29, 1.82) is 0 Å². The highest BCUT2D eigenvalue weighted by molar-refractivity contribution is 9.10. The van der Waals surface area contributed by atoms with E-state index in [1.807, 2.05) is 11.4 Å². The highest BCUT2D eigenvalue weighted by atomic mass is 79.9. The van der Waals surface area contributed by atoms with Crippen LogP contribution in [0.15, 0.2) is 20.4 Å². The molecule has 2 aromatic rings. The highest BCUT2D eigenvalue weighted by Crippen LogP contribution is 2.51. The average molecular weight is 381 g/mol. The minimum absolute atomic E-state index is 0.0196. The summed E-state index contributed by atoms with van der Waals surface area (Å²) >= 11 is 4.86. The summed E-state index contributed by atoms with van der Waals surface area (Å²) < 4.78 is 28.8. The molecule has 2 heterocycles. The van der Waals surface area contributed by atoms with Gasteiger partial charge in [-0.15, -0.1) is 11.3 Å². The summed E-state index contributed by atoms with van der Waals surface area (Å²) in [5, 5.41) is 5.80. The standard InChI is InChI=1S/C11H14BrN2O4PS/c1-3-16-19(15,17-4-2)6-10-13-11(14-18-10)9-5-8(12)7-20-9/h5,7H,3-4,6H2,1-2H3. The van der Waals surface area contributed by atoms with E-state index in [-0.39, 0.29) is 12.1 Å². The molecule has 9 heteroatoms. The molecule has 0 unspecified atom stereocenters. The molecule has 0 radical (unpaired) electrons. The second kappa shape index (κ2) is 6.95. The van der Waals surface area contributed by atoms with Crippen LogP contribution in [0.2, 0.25) is 0 Å². The van der Waals surface area contributed by atoms with Gasteiger partial charge in [-0.25, -0.2) is 0 Å². The zero-order valence-corrected chi connectivity index (χ0v) is 14.3. The van der Waals surface area contributed by atoms with Gasteiger partial charge >= 0.3 is 7.60 Å². The Bertz CT molecular complexity index is 605. The number of rotatable bonds is 7. The second-order valence-electron chi connectivity index (χ2n) is 3.75. The zero-order valence-electron chi connectivity index (χ0n) is 11.0. The first-order valence-electron chi connectivity index (χ1n) is 6.01. The first-order valence-corrected chi connectivity index (χ1v) is 9.41. The monoisotopic (exact) mass is 380 g/mol. The van der Waals surface area contributed by atoms with Gasteiger partial charge in [-0.3, -0.25) is 4.57 Å². The van der Waals surface area contributed by atoms with Crippen molar-refractivity contribution in [3.05, 3.63) is 21.8 Å². The molecule has 0 aliphatic carbocycles. The lowest BCUT2D eigenvalue weighted by Crippen LogP contribution is -1.99. The number of aromatic nitrogens is 2. The summed E-state index contributed by atoms with van der Waals surface area (Å²) in [4.78, 5) is 5.09. The molecule has 0 aliphatic heterocycles. The first-order chi connectivity index (χ1) is 9.56. The van der Waals surface area contributed by atoms with E-state index >= 15 is 0 Å². The fraction of sp³-hybridized carbons (Fsp3) is 0.455. The van der Waals surface area contributed by atoms with Crippen molar-refractivity contribution in [3.63, 3.8) is 0 Å². The van der Waals surface area contributed by atoms with Crippen molar-refractivity contribution in [1.82, 2.24) is 10.1 Å². The number of hydrogen-bond acceptors (Lipinski definition) is 7. The van der Waals surface area contributed by atoms with Gasteiger partial charge in [0.15, 0.2) is 0 Å². The fourth-order valence-corrected chi connectivity index (χ4v) is 4.39. The Morgan fingerprint density at radius 2 is 2.10 bits per heavy atom. The van der Waals surface area contributed by atoms with Crippen molar-refractivity contribution in [2.75, 3.05) is 13.2 Å². The van der Waals surface area contributed by atoms with E-state index in [0.29, 0.717) is 19.0 Å². The summed E-state index contributed by atoms with van der Waals surface area (Å²) in [5.74, 6) is 0.713. The largest absolute Gasteiger partial charge is 0.340 e. The van der Waals surface area contributed by atoms with Gasteiger partial charge in [0, 0.05) is 9.85 Å². The Balaban J connectivity index is 2.14. The van der Waals surface area contributed by atoms with Crippen LogP contribution >= 0.6 is 34.9 Å². The molecule has 2 aromatic heterocycles. The minimum atomic E-state index is -3.22. The van der Waals surface area contributed by atoms with Crippen molar-refractivity contribution in [2.24, 2.45) is 0 Å². The lowest BCUT2D eigenvalue weighted by molar-refractivity contribution is 0.215. The first kappa shape index (κ1) is 15.9. The van der Waals surface area contributed by atoms with E-state index in [2.05, 4.69) is 26.1 Å². The number of thiophene rings is 1. The van der Waals surface area contributed by atoms with Gasteiger partial charge in [-0.05, 0) is 35.8 Å². The van der Waals surface area contributed by atoms with Crippen molar-refractivity contribution in [2.45, 2.75) is 20.0 Å². The van der Waals surface area contributed by atoms with E-state index in [1.165, 1.54) is 11.3 Å². The van der Waals surface area contributed by atoms with Crippen LogP contribution in [0.5, 0.6) is 0 Å². The van der Waals surface area contributed by atoms with Crippen molar-refractivity contribution in [3.8, 4) is 10.7 Å². The molecular formula is C11H14BrN2O4PS. The molecule has 110 valence electrons. The van der Waals surface area contributed by atoms with Crippen molar-refractivity contribution >= 4 is 34.9 Å². The maximum Gasteiger partial charge on any atom is 0.340 e. The molecule has 0 bridgehead atoms. The Morgan fingerprint density at radius 1 is 1.40 bits per heavy atom. The molecule has 0 aromatic carbocycles. The molecule has 2 rings (SSSR count). The number of nitrogens with zero attached hydrogens (tertiary/aromatic N) is 2. The Labute approximate surface area is 129 Å². The lowest BCUT2D eigenvalue weighted by atomic mass is 10.4. The van der Waals surface area contributed by atoms with Crippen LogP contribution in [0.4, 0.5) is 0 Å². The maximum absolute atomic E-state index is 12.4. The molecule has 0 N–H and O–H groups in total. The molecule has 0 saturated heterocycles. The van der Waals surface area contributed by atoms with Crippen LogP contribution in [0.25, 0.3) is 10.7 Å². The lowest BCUT2D eigenvalue weighted by Gasteiger charge is -2.14. The van der Waals surface area contributed by atoms with Gasteiger partial charge in [0.05, 0.1) is 18.1 Å². The predicted molar refractivity (Wildman–Crippen MR) is 79.9 cm³/mol. The molecule has 0 spiro atoms. The van der Waals surface area contributed by atoms with Crippen LogP contribution in [0.1, 0.15) is 19.7 Å². The molecule has 0 amide bonds. The van der Waals surface area contributed by atoms with Crippen LogP contribution in [-0.4, -0.2) is 23.4 Å². The normalized spacial score (nSPS) is 11.9. The summed E-state index contributed by atoms with van der Waals surface area (Å²) in [6.07, 6.45) is -0.0196. The van der Waals surface area contributed by atoms with E-state index in [9.17, 15) is 4.57 Å². The molecule has 6 nitrogen and oxygen atoms in total. The maximum atomic E-state index is 12.4. The third kappa shape index (κ3) is 3.99. The highest BCUT2D eigenvalue weighted by Gasteiger charge is 2.27. The van der Waals surface area contributed by atoms with Gasteiger partial charge < -0.3 is 13.6 Å². The number of hydrogen-bond donors (Lipinski definition) is 0. The van der Waals surface area contributed by atoms with E-state index < -0.39 is 7.60 Å².